The quantitative estimate of drug-likeness (QED) is 0.829. The van der Waals surface area contributed by atoms with Gasteiger partial charge in [-0.2, -0.15) is 0 Å². The molecule has 5 nitrogen and oxygen atoms in total. The summed E-state index contributed by atoms with van der Waals surface area (Å²) < 4.78 is 1.90. The molecule has 1 aromatic carbocycles. The zero-order chi connectivity index (χ0) is 14.4. The Morgan fingerprint density at radius 3 is 2.95 bits per heavy atom. The molecule has 0 spiro atoms. The van der Waals surface area contributed by atoms with Gasteiger partial charge in [-0.15, -0.1) is 5.10 Å². The number of aromatic nitrogens is 3. The summed E-state index contributed by atoms with van der Waals surface area (Å²) in [5.41, 5.74) is 3.64. The van der Waals surface area contributed by atoms with Crippen molar-refractivity contribution in [1.82, 2.24) is 25.2 Å². The Morgan fingerprint density at radius 2 is 2.20 bits per heavy atom. The molecule has 0 amide bonds. The lowest BCUT2D eigenvalue weighted by molar-refractivity contribution is 0.304. The van der Waals surface area contributed by atoms with E-state index in [0.717, 1.165) is 31.9 Å². The second-order valence-electron chi connectivity index (χ2n) is 5.23. The molecule has 5 heteroatoms. The van der Waals surface area contributed by atoms with Crippen LogP contribution >= 0.6 is 0 Å². The van der Waals surface area contributed by atoms with Crippen LogP contribution in [-0.2, 0) is 19.6 Å². The Morgan fingerprint density at radius 1 is 1.35 bits per heavy atom. The molecule has 0 fully saturated rings. The summed E-state index contributed by atoms with van der Waals surface area (Å²) in [6.07, 6.45) is 2.00. The standard InChI is InChI=1S/C15H23N5/c1-13-5-4-6-14(9-13)11-19(3)7-8-20-12-15(10-16-2)17-18-20/h4-6,9,12,16H,7-8,10-11H2,1-3H3. The third-order valence-corrected chi connectivity index (χ3v) is 3.19. The van der Waals surface area contributed by atoms with E-state index in [0.29, 0.717) is 0 Å². The molecule has 1 N–H and O–H groups in total. The largest absolute Gasteiger partial charge is 0.314 e. The first-order valence-corrected chi connectivity index (χ1v) is 6.95. The number of aryl methyl sites for hydroxylation is 1. The Bertz CT molecular complexity index is 535. The average molecular weight is 273 g/mol. The first kappa shape index (κ1) is 14.7. The first-order chi connectivity index (χ1) is 9.67. The summed E-state index contributed by atoms with van der Waals surface area (Å²) in [6.45, 7) is 5.66. The highest BCUT2D eigenvalue weighted by Crippen LogP contribution is 2.06. The maximum absolute atomic E-state index is 4.13. The molecule has 20 heavy (non-hydrogen) atoms. The van der Waals surface area contributed by atoms with Crippen LogP contribution < -0.4 is 5.32 Å². The predicted octanol–water partition coefficient (Wildman–Crippen LogP) is 1.44. The summed E-state index contributed by atoms with van der Waals surface area (Å²) in [7, 11) is 4.04. The minimum absolute atomic E-state index is 0.763. The van der Waals surface area contributed by atoms with Crippen molar-refractivity contribution in [2.75, 3.05) is 20.6 Å². The van der Waals surface area contributed by atoms with Crippen LogP contribution in [0.3, 0.4) is 0 Å². The van der Waals surface area contributed by atoms with Crippen molar-refractivity contribution in [1.29, 1.82) is 0 Å². The molecule has 0 radical (unpaired) electrons. The van der Waals surface area contributed by atoms with Gasteiger partial charge < -0.3 is 10.2 Å². The molecular weight excluding hydrogens is 250 g/mol. The lowest BCUT2D eigenvalue weighted by Crippen LogP contribution is -2.23. The normalized spacial score (nSPS) is 11.2. The SMILES string of the molecule is CNCc1cn(CCN(C)Cc2cccc(C)c2)nn1. The van der Waals surface area contributed by atoms with Crippen LogP contribution in [0.1, 0.15) is 16.8 Å². The highest BCUT2D eigenvalue weighted by molar-refractivity contribution is 5.21. The lowest BCUT2D eigenvalue weighted by atomic mass is 10.1. The van der Waals surface area contributed by atoms with Gasteiger partial charge in [-0.25, -0.2) is 0 Å². The summed E-state index contributed by atoms with van der Waals surface area (Å²) in [4.78, 5) is 2.30. The van der Waals surface area contributed by atoms with Gasteiger partial charge in [-0.05, 0) is 26.6 Å². The number of benzene rings is 1. The van der Waals surface area contributed by atoms with Crippen molar-refractivity contribution in [3.63, 3.8) is 0 Å². The van der Waals surface area contributed by atoms with Gasteiger partial charge in [0.2, 0.25) is 0 Å². The van der Waals surface area contributed by atoms with Crippen molar-refractivity contribution in [3.8, 4) is 0 Å². The van der Waals surface area contributed by atoms with Gasteiger partial charge in [0, 0.05) is 25.8 Å². The van der Waals surface area contributed by atoms with Crippen LogP contribution in [-0.4, -0.2) is 40.5 Å². The van der Waals surface area contributed by atoms with E-state index < -0.39 is 0 Å². The molecule has 0 atom stereocenters. The van der Waals surface area contributed by atoms with Crippen LogP contribution in [0, 0.1) is 6.92 Å². The fourth-order valence-electron chi connectivity index (χ4n) is 2.18. The second kappa shape index (κ2) is 7.17. The maximum atomic E-state index is 4.13. The molecule has 0 aliphatic rings. The minimum atomic E-state index is 0.763. The van der Waals surface area contributed by atoms with E-state index in [2.05, 4.69) is 58.8 Å². The van der Waals surface area contributed by atoms with Gasteiger partial charge >= 0.3 is 0 Å². The molecule has 2 rings (SSSR count). The Balaban J connectivity index is 1.80. The molecule has 108 valence electrons. The van der Waals surface area contributed by atoms with E-state index in [4.69, 9.17) is 0 Å². The smallest absolute Gasteiger partial charge is 0.0964 e. The Kier molecular flexibility index (Phi) is 5.26. The van der Waals surface area contributed by atoms with E-state index in [-0.39, 0.29) is 0 Å². The molecule has 2 aromatic rings. The van der Waals surface area contributed by atoms with E-state index >= 15 is 0 Å². The highest BCUT2D eigenvalue weighted by Gasteiger charge is 2.03. The highest BCUT2D eigenvalue weighted by atomic mass is 15.4. The van der Waals surface area contributed by atoms with Crippen molar-refractivity contribution < 1.29 is 0 Å². The minimum Gasteiger partial charge on any atom is -0.314 e. The van der Waals surface area contributed by atoms with Gasteiger partial charge in [0.15, 0.2) is 0 Å². The summed E-state index contributed by atoms with van der Waals surface area (Å²) in [5.74, 6) is 0. The number of hydrogen-bond donors (Lipinski definition) is 1. The first-order valence-electron chi connectivity index (χ1n) is 6.95. The van der Waals surface area contributed by atoms with E-state index in [1.165, 1.54) is 11.1 Å². The number of rotatable bonds is 7. The van der Waals surface area contributed by atoms with Crippen molar-refractivity contribution in [2.45, 2.75) is 26.6 Å². The maximum Gasteiger partial charge on any atom is 0.0964 e. The van der Waals surface area contributed by atoms with Crippen molar-refractivity contribution >= 4 is 0 Å². The Labute approximate surface area is 120 Å². The predicted molar refractivity (Wildman–Crippen MR) is 80.3 cm³/mol. The Hall–Kier alpha value is -1.72. The monoisotopic (exact) mass is 273 g/mol. The molecule has 0 bridgehead atoms. The molecule has 0 saturated carbocycles. The lowest BCUT2D eigenvalue weighted by Gasteiger charge is -2.16. The molecule has 0 saturated heterocycles. The summed E-state index contributed by atoms with van der Waals surface area (Å²) >= 11 is 0. The van der Waals surface area contributed by atoms with E-state index in [1.54, 1.807) is 0 Å². The fraction of sp³-hybridized carbons (Fsp3) is 0.467. The number of nitrogens with one attached hydrogen (secondary N) is 1. The summed E-state index contributed by atoms with van der Waals surface area (Å²) in [5, 5.41) is 11.3. The zero-order valence-corrected chi connectivity index (χ0v) is 12.5. The molecule has 1 heterocycles. The molecule has 0 aliphatic carbocycles. The second-order valence-corrected chi connectivity index (χ2v) is 5.23. The van der Waals surface area contributed by atoms with Crippen LogP contribution in [0.4, 0.5) is 0 Å². The molecule has 1 aromatic heterocycles. The number of likely N-dealkylation sites (N-methyl/N-ethyl adjacent to an activating group) is 1. The van der Waals surface area contributed by atoms with Crippen LogP contribution in [0.5, 0.6) is 0 Å². The third-order valence-electron chi connectivity index (χ3n) is 3.19. The average Bonchev–Trinajstić information content (AvgIpc) is 2.85. The third kappa shape index (κ3) is 4.43. The summed E-state index contributed by atoms with van der Waals surface area (Å²) in [6, 6.07) is 8.64. The number of hydrogen-bond acceptors (Lipinski definition) is 4. The van der Waals surface area contributed by atoms with Gasteiger partial charge in [0.1, 0.15) is 0 Å². The topological polar surface area (TPSA) is 46.0 Å². The fourth-order valence-corrected chi connectivity index (χ4v) is 2.18. The molecule has 0 aliphatic heterocycles. The number of nitrogens with zero attached hydrogens (tertiary/aromatic N) is 4. The van der Waals surface area contributed by atoms with Crippen LogP contribution in [0.15, 0.2) is 30.5 Å². The van der Waals surface area contributed by atoms with Crippen molar-refractivity contribution in [3.05, 3.63) is 47.3 Å². The van der Waals surface area contributed by atoms with Crippen LogP contribution in [0.25, 0.3) is 0 Å². The molecular formula is C15H23N5. The van der Waals surface area contributed by atoms with Gasteiger partial charge in [-0.1, -0.05) is 35.0 Å². The van der Waals surface area contributed by atoms with Crippen molar-refractivity contribution in [2.24, 2.45) is 0 Å². The van der Waals surface area contributed by atoms with Gasteiger partial charge in [0.05, 0.1) is 12.2 Å². The van der Waals surface area contributed by atoms with Crippen LogP contribution in [0.2, 0.25) is 0 Å². The van der Waals surface area contributed by atoms with Gasteiger partial charge in [-0.3, -0.25) is 4.68 Å². The van der Waals surface area contributed by atoms with E-state index in [1.807, 2.05) is 17.9 Å². The van der Waals surface area contributed by atoms with E-state index in [9.17, 15) is 0 Å². The van der Waals surface area contributed by atoms with Gasteiger partial charge in [0.25, 0.3) is 0 Å². The zero-order valence-electron chi connectivity index (χ0n) is 12.5. The molecule has 0 unspecified atom stereocenters.